The molecule has 0 radical (unpaired) electrons. The molecule has 0 aliphatic carbocycles. The van der Waals surface area contributed by atoms with Crippen molar-refractivity contribution < 1.29 is 38.5 Å². The second kappa shape index (κ2) is 11.6. The maximum absolute atomic E-state index is 13.6. The predicted molar refractivity (Wildman–Crippen MR) is 147 cm³/mol. The third kappa shape index (κ3) is 7.49. The Morgan fingerprint density at radius 3 is 2.30 bits per heavy atom. The van der Waals surface area contributed by atoms with Crippen LogP contribution in [0.15, 0.2) is 47.8 Å². The fourth-order valence-electron chi connectivity index (χ4n) is 4.64. The Hall–Kier alpha value is -4.04. The number of rotatable bonds is 7. The van der Waals surface area contributed by atoms with Gasteiger partial charge in [0.15, 0.2) is 11.7 Å². The first-order valence-electron chi connectivity index (χ1n) is 12.9. The molecule has 4 rings (SSSR count). The van der Waals surface area contributed by atoms with E-state index < -0.39 is 26.6 Å². The topological polar surface area (TPSA) is 123 Å². The first-order valence-corrected chi connectivity index (χ1v) is 14.8. The number of ether oxygens (including phenoxy) is 1. The van der Waals surface area contributed by atoms with Crippen LogP contribution < -0.4 is 4.90 Å². The van der Waals surface area contributed by atoms with Crippen molar-refractivity contribution in [3.63, 3.8) is 0 Å². The number of likely N-dealkylation sites (tertiary alicyclic amines) is 1. The van der Waals surface area contributed by atoms with Gasteiger partial charge in [-0.3, -0.25) is 24.5 Å². The Bertz CT molecular complexity index is 1380. The van der Waals surface area contributed by atoms with Gasteiger partial charge in [0, 0.05) is 58.8 Å². The van der Waals surface area contributed by atoms with Crippen LogP contribution in [0.4, 0.5) is 25.1 Å². The molecule has 2 amide bonds. The summed E-state index contributed by atoms with van der Waals surface area (Å²) >= 11 is 0. The first kappa shape index (κ1) is 33.5. The number of aldehydes is 1. The number of carbonyl (C=O) groups excluding carboxylic acids is 3. The summed E-state index contributed by atoms with van der Waals surface area (Å²) < 4.78 is 70.5. The number of hydrogen-bond acceptors (Lipinski definition) is 9. The molecular weight excluding hydrogens is 601 g/mol. The highest BCUT2D eigenvalue weighted by molar-refractivity contribution is 8.45. The summed E-state index contributed by atoms with van der Waals surface area (Å²) in [6.45, 7) is 2.40. The molecule has 2 aliphatic rings. The zero-order chi connectivity index (χ0) is 32.3. The largest absolute Gasteiger partial charge is 0.379 e. The molecule has 3 heterocycles. The van der Waals surface area contributed by atoms with Crippen molar-refractivity contribution in [2.45, 2.75) is 35.9 Å². The molecule has 43 heavy (non-hydrogen) atoms. The van der Waals surface area contributed by atoms with Crippen molar-refractivity contribution in [3.8, 4) is 6.19 Å². The average Bonchev–Trinajstić information content (AvgIpc) is 3.40. The number of likely N-dealkylation sites (N-methyl/N-ethyl adjacent to an activating group) is 2. The lowest BCUT2D eigenvalue weighted by molar-refractivity contribution is -0.147. The van der Waals surface area contributed by atoms with Gasteiger partial charge in [-0.2, -0.15) is 5.26 Å². The highest BCUT2D eigenvalue weighted by Gasteiger charge is 2.65. The molecule has 17 heteroatoms. The second-order valence-electron chi connectivity index (χ2n) is 10.3. The van der Waals surface area contributed by atoms with Crippen LogP contribution >= 0.6 is 10.2 Å². The molecule has 1 aromatic heterocycles. The summed E-state index contributed by atoms with van der Waals surface area (Å²) in [6.07, 6.45) is 7.47. The zero-order valence-corrected chi connectivity index (χ0v) is 24.7. The van der Waals surface area contributed by atoms with Crippen molar-refractivity contribution in [1.82, 2.24) is 24.7 Å². The number of piperazine rings is 1. The summed E-state index contributed by atoms with van der Waals surface area (Å²) in [5.74, 6) is -0.798. The van der Waals surface area contributed by atoms with Crippen LogP contribution in [0.5, 0.6) is 0 Å². The molecule has 236 valence electrons. The lowest BCUT2D eigenvalue weighted by Gasteiger charge is -2.43. The van der Waals surface area contributed by atoms with E-state index in [4.69, 9.17) is 10.00 Å². The summed E-state index contributed by atoms with van der Waals surface area (Å²) in [4.78, 5) is 47.8. The van der Waals surface area contributed by atoms with Gasteiger partial charge in [-0.15, -0.1) is 0 Å². The van der Waals surface area contributed by atoms with E-state index in [-0.39, 0.29) is 54.7 Å². The molecule has 2 aliphatic heterocycles. The van der Waals surface area contributed by atoms with E-state index in [2.05, 4.69) is 9.97 Å². The monoisotopic (exact) mass is 633 g/mol. The highest BCUT2D eigenvalue weighted by atomic mass is 32.5. The molecule has 2 fully saturated rings. The molecule has 3 unspecified atom stereocenters. The molecule has 0 bridgehead atoms. The van der Waals surface area contributed by atoms with E-state index >= 15 is 0 Å². The van der Waals surface area contributed by atoms with Gasteiger partial charge < -0.3 is 24.2 Å². The van der Waals surface area contributed by atoms with Gasteiger partial charge in [0.05, 0.1) is 37.1 Å². The molecule has 0 saturated carbocycles. The third-order valence-corrected chi connectivity index (χ3v) is 8.65. The summed E-state index contributed by atoms with van der Waals surface area (Å²) in [5, 5.41) is 8.54. The van der Waals surface area contributed by atoms with E-state index in [0.29, 0.717) is 19.5 Å². The van der Waals surface area contributed by atoms with Gasteiger partial charge in [-0.05, 0) is 31.2 Å². The lowest BCUT2D eigenvalue weighted by Crippen LogP contribution is -2.60. The summed E-state index contributed by atoms with van der Waals surface area (Å²) in [7, 11) is -5.21. The third-order valence-electron chi connectivity index (χ3n) is 7.49. The van der Waals surface area contributed by atoms with E-state index in [0.717, 1.165) is 18.4 Å². The van der Waals surface area contributed by atoms with E-state index in [1.807, 2.05) is 6.19 Å². The maximum Gasteiger partial charge on any atom is 0.310 e. The van der Waals surface area contributed by atoms with Gasteiger partial charge >= 0.3 is 10.2 Å². The van der Waals surface area contributed by atoms with Gasteiger partial charge in [-0.25, -0.2) is 0 Å². The van der Waals surface area contributed by atoms with E-state index in [9.17, 15) is 33.8 Å². The number of nitrogens with zero attached hydrogens (tertiary/aromatic N) is 7. The van der Waals surface area contributed by atoms with Crippen LogP contribution in [-0.2, 0) is 24.7 Å². The van der Waals surface area contributed by atoms with Crippen LogP contribution in [0.1, 0.15) is 19.0 Å². The molecule has 3 atom stereocenters. The van der Waals surface area contributed by atoms with Gasteiger partial charge in [0.25, 0.3) is 5.91 Å². The molecular formula is C26H32F5N7O4S. The second-order valence-corrected chi connectivity index (χ2v) is 12.7. The van der Waals surface area contributed by atoms with Gasteiger partial charge in [-0.1, -0.05) is 19.4 Å². The van der Waals surface area contributed by atoms with Crippen molar-refractivity contribution in [3.05, 3.63) is 48.5 Å². The number of nitriles is 1. The number of methoxy groups -OCH3 is 1. The Morgan fingerprint density at radius 2 is 1.84 bits per heavy atom. The maximum atomic E-state index is 13.6. The quantitative estimate of drug-likeness (QED) is 0.256. The van der Waals surface area contributed by atoms with E-state index in [1.165, 1.54) is 52.2 Å². The molecule has 0 N–H and O–H groups in total. The van der Waals surface area contributed by atoms with Crippen molar-refractivity contribution in [2.24, 2.45) is 0 Å². The first-order chi connectivity index (χ1) is 19.8. The lowest BCUT2D eigenvalue weighted by atomic mass is 9.92. The fraction of sp³-hybridized carbons (Fsp3) is 0.462. The van der Waals surface area contributed by atoms with Gasteiger partial charge in [0.1, 0.15) is 11.2 Å². The number of halogens is 5. The highest BCUT2D eigenvalue weighted by Crippen LogP contribution is 3.02. The van der Waals surface area contributed by atoms with Crippen molar-refractivity contribution >= 4 is 34.0 Å². The number of aromatic nitrogens is 2. The molecule has 11 nitrogen and oxygen atoms in total. The Morgan fingerprint density at radius 1 is 1.19 bits per heavy atom. The zero-order valence-electron chi connectivity index (χ0n) is 23.9. The predicted octanol–water partition coefficient (Wildman–Crippen LogP) is 3.54. The summed E-state index contributed by atoms with van der Waals surface area (Å²) in [5.41, 5.74) is -1.34. The minimum atomic E-state index is -9.84. The number of anilines is 1. The van der Waals surface area contributed by atoms with Crippen LogP contribution in [0.2, 0.25) is 0 Å². The standard InChI is InChI=1S/C19H22F5N5O2S.C7H10N2O2/c1-19(16-12-25-8-9-26-16,18(31)29-11-10-27(2)17(30)13-29)28(3)14-4-6-15(7-5-14)32(20,21,22,23)24;1-11-7-2-6(4-10)9(3-7)5-8/h4-9,12H,10-11,13H2,1-3H3;4,6-7H,2-3H2,1H3. The smallest absolute Gasteiger partial charge is 0.310 e. The number of amides is 2. The minimum Gasteiger partial charge on any atom is -0.379 e. The Labute approximate surface area is 245 Å². The average molecular weight is 634 g/mol. The SMILES string of the molecule is CN1CCN(C(=O)C(C)(c2cnccn2)N(C)c2ccc(S(F)(F)(F)(F)F)cc2)CC1=O.COC1CC(C=O)N(C#N)C1. The number of hydrogen-bond donors (Lipinski definition) is 0. The van der Waals surface area contributed by atoms with Crippen LogP contribution in [0, 0.1) is 11.5 Å². The normalized spacial score (nSPS) is 21.9. The van der Waals surface area contributed by atoms with Crippen molar-refractivity contribution in [2.75, 3.05) is 52.3 Å². The Balaban J connectivity index is 0.000000386. The van der Waals surface area contributed by atoms with Crippen LogP contribution in [0.25, 0.3) is 0 Å². The Kier molecular flexibility index (Phi) is 9.00. The molecule has 0 spiro atoms. The number of benzene rings is 1. The minimum absolute atomic E-state index is 0.0323. The van der Waals surface area contributed by atoms with Crippen LogP contribution in [0.3, 0.4) is 0 Å². The molecule has 2 saturated heterocycles. The van der Waals surface area contributed by atoms with Crippen LogP contribution in [-0.4, -0.2) is 102 Å². The molecule has 2 aromatic rings. The fourth-order valence-corrected chi connectivity index (χ4v) is 5.29. The van der Waals surface area contributed by atoms with Crippen molar-refractivity contribution in [1.29, 1.82) is 5.26 Å². The van der Waals surface area contributed by atoms with E-state index in [1.54, 1.807) is 14.2 Å². The molecule has 1 aromatic carbocycles. The van der Waals surface area contributed by atoms with Gasteiger partial charge in [0.2, 0.25) is 5.91 Å². The summed E-state index contributed by atoms with van der Waals surface area (Å²) in [6, 6.07) is 2.03. The number of carbonyl (C=O) groups is 3.